The molecular formula is C5H2ClIN4. The maximum atomic E-state index is 5.69. The normalized spacial score (nSPS) is 10.7. The lowest BCUT2D eigenvalue weighted by molar-refractivity contribution is 0.923. The third kappa shape index (κ3) is 1.18. The van der Waals surface area contributed by atoms with Crippen molar-refractivity contribution in [2.75, 3.05) is 0 Å². The van der Waals surface area contributed by atoms with Crippen molar-refractivity contribution in [2.24, 2.45) is 0 Å². The van der Waals surface area contributed by atoms with Crippen molar-refractivity contribution < 1.29 is 0 Å². The molecule has 0 radical (unpaired) electrons. The van der Waals surface area contributed by atoms with E-state index >= 15 is 0 Å². The highest BCUT2D eigenvalue weighted by atomic mass is 127. The molecule has 0 bridgehead atoms. The Morgan fingerprint density at radius 3 is 3.18 bits per heavy atom. The van der Waals surface area contributed by atoms with Crippen LogP contribution in [-0.4, -0.2) is 19.8 Å². The Hall–Kier alpha value is -0.430. The van der Waals surface area contributed by atoms with Crippen LogP contribution in [0.2, 0.25) is 5.15 Å². The van der Waals surface area contributed by atoms with E-state index < -0.39 is 0 Å². The third-order valence-corrected chi connectivity index (χ3v) is 2.17. The molecule has 2 aromatic rings. The quantitative estimate of drug-likeness (QED) is 0.685. The van der Waals surface area contributed by atoms with Crippen molar-refractivity contribution in [3.8, 4) is 0 Å². The highest BCUT2D eigenvalue weighted by Crippen LogP contribution is 2.13. The largest absolute Gasteiger partial charge is 0.198 e. The Morgan fingerprint density at radius 1 is 1.55 bits per heavy atom. The van der Waals surface area contributed by atoms with Crippen LogP contribution in [0, 0.1) is 3.57 Å². The number of aromatic nitrogens is 4. The smallest absolute Gasteiger partial charge is 0.190 e. The Morgan fingerprint density at radius 2 is 2.36 bits per heavy atom. The molecule has 0 aliphatic carbocycles. The fourth-order valence-corrected chi connectivity index (χ4v) is 1.79. The average Bonchev–Trinajstić information content (AvgIpc) is 2.34. The second-order valence-electron chi connectivity index (χ2n) is 1.91. The first kappa shape index (κ1) is 7.23. The summed E-state index contributed by atoms with van der Waals surface area (Å²) in [5, 5.41) is 11.9. The lowest BCUT2D eigenvalue weighted by Gasteiger charge is -1.93. The summed E-state index contributed by atoms with van der Waals surface area (Å²) in [5.74, 6) is 0. The zero-order valence-corrected chi connectivity index (χ0v) is 8.11. The van der Waals surface area contributed by atoms with E-state index in [9.17, 15) is 0 Å². The van der Waals surface area contributed by atoms with Crippen molar-refractivity contribution in [1.29, 1.82) is 0 Å². The van der Waals surface area contributed by atoms with Crippen LogP contribution in [0.5, 0.6) is 0 Å². The van der Waals surface area contributed by atoms with E-state index in [4.69, 9.17) is 11.6 Å². The van der Waals surface area contributed by atoms with Gasteiger partial charge in [0.15, 0.2) is 10.8 Å². The zero-order chi connectivity index (χ0) is 7.84. The Balaban J connectivity index is 2.91. The molecule has 4 nitrogen and oxygen atoms in total. The Bertz CT molecular complexity index is 398. The van der Waals surface area contributed by atoms with E-state index in [0.29, 0.717) is 5.15 Å². The first-order valence-corrected chi connectivity index (χ1v) is 4.25. The minimum absolute atomic E-state index is 0.446. The van der Waals surface area contributed by atoms with E-state index in [2.05, 4.69) is 37.9 Å². The molecule has 2 rings (SSSR count). The lowest BCUT2D eigenvalue weighted by atomic mass is 10.6. The third-order valence-electron chi connectivity index (χ3n) is 1.19. The number of nitrogens with zero attached hydrogens (tertiary/aromatic N) is 4. The lowest BCUT2D eigenvalue weighted by Crippen LogP contribution is -1.92. The van der Waals surface area contributed by atoms with Gasteiger partial charge in [0, 0.05) is 0 Å². The molecule has 0 saturated heterocycles. The van der Waals surface area contributed by atoms with Gasteiger partial charge in [0.25, 0.3) is 0 Å². The van der Waals surface area contributed by atoms with Gasteiger partial charge in [0.2, 0.25) is 0 Å². The Labute approximate surface area is 80.7 Å². The molecule has 6 heteroatoms. The highest BCUT2D eigenvalue weighted by molar-refractivity contribution is 14.1. The number of rotatable bonds is 0. The minimum Gasteiger partial charge on any atom is -0.198 e. The van der Waals surface area contributed by atoms with E-state index in [1.807, 2.05) is 0 Å². The van der Waals surface area contributed by atoms with Gasteiger partial charge in [-0.1, -0.05) is 11.6 Å². The van der Waals surface area contributed by atoms with Crippen LogP contribution in [0.15, 0.2) is 12.4 Å². The second kappa shape index (κ2) is 2.56. The van der Waals surface area contributed by atoms with Crippen LogP contribution in [0.25, 0.3) is 5.65 Å². The molecule has 2 aromatic heterocycles. The van der Waals surface area contributed by atoms with Crippen molar-refractivity contribution in [3.05, 3.63) is 21.1 Å². The summed E-state index contributed by atoms with van der Waals surface area (Å²) < 4.78 is 2.49. The van der Waals surface area contributed by atoms with Gasteiger partial charge in [-0.2, -0.15) is 9.61 Å². The molecule has 0 unspecified atom stereocenters. The molecule has 0 saturated carbocycles. The molecule has 0 spiro atoms. The monoisotopic (exact) mass is 280 g/mol. The molecule has 2 heterocycles. The number of halogens is 2. The molecule has 11 heavy (non-hydrogen) atoms. The summed E-state index contributed by atoms with van der Waals surface area (Å²) in [7, 11) is 0. The maximum absolute atomic E-state index is 5.69. The molecule has 0 N–H and O–H groups in total. The van der Waals surface area contributed by atoms with Crippen LogP contribution < -0.4 is 0 Å². The maximum Gasteiger partial charge on any atom is 0.190 e. The van der Waals surface area contributed by atoms with Crippen molar-refractivity contribution in [3.63, 3.8) is 0 Å². The van der Waals surface area contributed by atoms with Gasteiger partial charge < -0.3 is 0 Å². The van der Waals surface area contributed by atoms with Gasteiger partial charge in [-0.05, 0) is 28.7 Å². The van der Waals surface area contributed by atoms with E-state index in [1.54, 1.807) is 10.6 Å². The summed E-state index contributed by atoms with van der Waals surface area (Å²) in [6.45, 7) is 0. The Kier molecular flexibility index (Phi) is 1.68. The van der Waals surface area contributed by atoms with Gasteiger partial charge in [-0.3, -0.25) is 0 Å². The van der Waals surface area contributed by atoms with Crippen LogP contribution in [0.4, 0.5) is 0 Å². The topological polar surface area (TPSA) is 43.1 Å². The number of fused-ring (bicyclic) bond motifs is 1. The molecule has 0 aromatic carbocycles. The molecule has 0 fully saturated rings. The van der Waals surface area contributed by atoms with Crippen LogP contribution in [0.3, 0.4) is 0 Å². The molecule has 0 aliphatic rings. The van der Waals surface area contributed by atoms with Crippen molar-refractivity contribution in [2.45, 2.75) is 0 Å². The van der Waals surface area contributed by atoms with Gasteiger partial charge >= 0.3 is 0 Å². The van der Waals surface area contributed by atoms with Gasteiger partial charge in [0.05, 0.1) is 3.57 Å². The minimum atomic E-state index is 0.446. The van der Waals surface area contributed by atoms with Crippen molar-refractivity contribution >= 4 is 39.8 Å². The highest BCUT2D eigenvalue weighted by Gasteiger charge is 2.02. The summed E-state index contributed by atoms with van der Waals surface area (Å²) in [6.07, 6.45) is 1.52. The summed E-state index contributed by atoms with van der Waals surface area (Å²) >= 11 is 7.82. The summed E-state index contributed by atoms with van der Waals surface area (Å²) in [6, 6.07) is 1.74. The molecule has 0 amide bonds. The standard InChI is InChI=1S/C5H2ClIN4/c6-4-1-3(7)5-9-8-2-11(5)10-4/h1-2H. The average molecular weight is 280 g/mol. The van der Waals surface area contributed by atoms with Crippen molar-refractivity contribution in [1.82, 2.24) is 19.8 Å². The first-order chi connectivity index (χ1) is 5.27. The SMILES string of the molecule is Clc1cc(I)c2nncn2n1. The van der Waals surface area contributed by atoms with E-state index in [-0.39, 0.29) is 0 Å². The summed E-state index contributed by atoms with van der Waals surface area (Å²) in [5.41, 5.74) is 0.731. The molecule has 0 aliphatic heterocycles. The zero-order valence-electron chi connectivity index (χ0n) is 5.20. The first-order valence-electron chi connectivity index (χ1n) is 2.79. The van der Waals surface area contributed by atoms with E-state index in [1.165, 1.54) is 6.33 Å². The second-order valence-corrected chi connectivity index (χ2v) is 3.46. The van der Waals surface area contributed by atoms with E-state index in [0.717, 1.165) is 9.22 Å². The van der Waals surface area contributed by atoms with Gasteiger partial charge in [-0.15, -0.1) is 10.2 Å². The molecule has 56 valence electrons. The number of hydrogen-bond donors (Lipinski definition) is 0. The fraction of sp³-hybridized carbons (Fsp3) is 0. The van der Waals surface area contributed by atoms with Gasteiger partial charge in [0.1, 0.15) is 6.33 Å². The number of hydrogen-bond acceptors (Lipinski definition) is 3. The van der Waals surface area contributed by atoms with Crippen LogP contribution >= 0.6 is 34.2 Å². The molecule has 0 atom stereocenters. The van der Waals surface area contributed by atoms with Crippen LogP contribution in [-0.2, 0) is 0 Å². The summed E-state index contributed by atoms with van der Waals surface area (Å²) in [4.78, 5) is 0. The fourth-order valence-electron chi connectivity index (χ4n) is 0.761. The predicted octanol–water partition coefficient (Wildman–Crippen LogP) is 1.38. The predicted molar refractivity (Wildman–Crippen MR) is 48.5 cm³/mol. The molecular weight excluding hydrogens is 278 g/mol. The van der Waals surface area contributed by atoms with Crippen LogP contribution in [0.1, 0.15) is 0 Å². The van der Waals surface area contributed by atoms with Gasteiger partial charge in [-0.25, -0.2) is 0 Å².